The Morgan fingerprint density at radius 1 is 1.31 bits per heavy atom. The van der Waals surface area contributed by atoms with Gasteiger partial charge in [-0.2, -0.15) is 0 Å². The van der Waals surface area contributed by atoms with Crippen molar-refractivity contribution < 1.29 is 14.6 Å². The molecule has 0 aliphatic rings. The van der Waals surface area contributed by atoms with Gasteiger partial charge in [0.15, 0.2) is 0 Å². The van der Waals surface area contributed by atoms with Gasteiger partial charge in [0.05, 0.1) is 19.3 Å². The smallest absolute Gasteiger partial charge is 0.124 e. The van der Waals surface area contributed by atoms with Crippen LogP contribution in [0.4, 0.5) is 0 Å². The van der Waals surface area contributed by atoms with Crippen molar-refractivity contribution in [3.63, 3.8) is 0 Å². The van der Waals surface area contributed by atoms with Crippen LogP contribution in [0, 0.1) is 6.92 Å². The van der Waals surface area contributed by atoms with E-state index >= 15 is 0 Å². The minimum absolute atomic E-state index is 0.0280. The third kappa shape index (κ3) is 3.22. The van der Waals surface area contributed by atoms with Crippen LogP contribution in [0.15, 0.2) is 18.2 Å². The van der Waals surface area contributed by atoms with Gasteiger partial charge in [0, 0.05) is 19.1 Å². The second kappa shape index (κ2) is 5.87. The SMILES string of the molecule is COc1ccc(C)cc1C(O)CC(C)OC. The molecule has 0 amide bonds. The summed E-state index contributed by atoms with van der Waals surface area (Å²) in [4.78, 5) is 0. The third-order valence-electron chi connectivity index (χ3n) is 2.70. The highest BCUT2D eigenvalue weighted by atomic mass is 16.5. The number of ether oxygens (including phenoxy) is 2. The molecule has 0 bridgehead atoms. The minimum Gasteiger partial charge on any atom is -0.496 e. The van der Waals surface area contributed by atoms with Crippen molar-refractivity contribution in [1.29, 1.82) is 0 Å². The molecule has 1 rings (SSSR count). The molecule has 0 heterocycles. The van der Waals surface area contributed by atoms with Gasteiger partial charge in [-0.15, -0.1) is 0 Å². The fourth-order valence-electron chi connectivity index (χ4n) is 1.65. The molecule has 0 spiro atoms. The van der Waals surface area contributed by atoms with Crippen molar-refractivity contribution >= 4 is 0 Å². The molecular weight excluding hydrogens is 204 g/mol. The van der Waals surface area contributed by atoms with Gasteiger partial charge in [-0.25, -0.2) is 0 Å². The number of aliphatic hydroxyl groups excluding tert-OH is 1. The summed E-state index contributed by atoms with van der Waals surface area (Å²) in [6.45, 7) is 3.93. The van der Waals surface area contributed by atoms with E-state index in [2.05, 4.69) is 0 Å². The molecule has 0 aliphatic heterocycles. The molecule has 0 fully saturated rings. The maximum atomic E-state index is 10.1. The van der Waals surface area contributed by atoms with Crippen LogP contribution in [0.2, 0.25) is 0 Å². The van der Waals surface area contributed by atoms with E-state index in [1.54, 1.807) is 14.2 Å². The Balaban J connectivity index is 2.88. The van der Waals surface area contributed by atoms with Crippen molar-refractivity contribution in [2.75, 3.05) is 14.2 Å². The second-order valence-electron chi connectivity index (χ2n) is 4.04. The van der Waals surface area contributed by atoms with Crippen LogP contribution < -0.4 is 4.74 Å². The summed E-state index contributed by atoms with van der Waals surface area (Å²) in [6.07, 6.45) is 0.0427. The Hall–Kier alpha value is -1.06. The largest absolute Gasteiger partial charge is 0.496 e. The lowest BCUT2D eigenvalue weighted by molar-refractivity contribution is 0.0550. The number of aliphatic hydroxyl groups is 1. The zero-order valence-electron chi connectivity index (χ0n) is 10.4. The van der Waals surface area contributed by atoms with E-state index in [1.807, 2.05) is 32.0 Å². The first-order valence-corrected chi connectivity index (χ1v) is 5.44. The third-order valence-corrected chi connectivity index (χ3v) is 2.70. The van der Waals surface area contributed by atoms with Crippen molar-refractivity contribution in [2.24, 2.45) is 0 Å². The monoisotopic (exact) mass is 224 g/mol. The van der Waals surface area contributed by atoms with Gasteiger partial charge in [-0.3, -0.25) is 0 Å². The van der Waals surface area contributed by atoms with Gasteiger partial charge in [-0.05, 0) is 26.0 Å². The normalized spacial score (nSPS) is 14.6. The summed E-state index contributed by atoms with van der Waals surface area (Å²) in [5.41, 5.74) is 1.94. The molecule has 1 aromatic rings. The maximum Gasteiger partial charge on any atom is 0.124 e. The number of aryl methyl sites for hydroxylation is 1. The van der Waals surface area contributed by atoms with Crippen molar-refractivity contribution in [3.8, 4) is 5.75 Å². The molecule has 1 N–H and O–H groups in total. The Labute approximate surface area is 97.0 Å². The fraction of sp³-hybridized carbons (Fsp3) is 0.538. The number of rotatable bonds is 5. The second-order valence-corrected chi connectivity index (χ2v) is 4.04. The van der Waals surface area contributed by atoms with Gasteiger partial charge in [0.25, 0.3) is 0 Å². The first-order valence-electron chi connectivity index (χ1n) is 5.44. The summed E-state index contributed by atoms with van der Waals surface area (Å²) in [5, 5.41) is 10.1. The van der Waals surface area contributed by atoms with E-state index in [0.29, 0.717) is 6.42 Å². The molecule has 0 aliphatic carbocycles. The summed E-state index contributed by atoms with van der Waals surface area (Å²) < 4.78 is 10.4. The van der Waals surface area contributed by atoms with E-state index in [0.717, 1.165) is 16.9 Å². The summed E-state index contributed by atoms with van der Waals surface area (Å²) in [6, 6.07) is 5.80. The Morgan fingerprint density at radius 2 is 2.00 bits per heavy atom. The molecule has 0 radical (unpaired) electrons. The zero-order chi connectivity index (χ0) is 12.1. The summed E-state index contributed by atoms with van der Waals surface area (Å²) in [5.74, 6) is 0.724. The van der Waals surface area contributed by atoms with Crippen molar-refractivity contribution in [1.82, 2.24) is 0 Å². The highest BCUT2D eigenvalue weighted by molar-refractivity contribution is 5.38. The number of benzene rings is 1. The molecule has 2 unspecified atom stereocenters. The maximum absolute atomic E-state index is 10.1. The number of methoxy groups -OCH3 is 2. The highest BCUT2D eigenvalue weighted by Gasteiger charge is 2.16. The van der Waals surface area contributed by atoms with Crippen LogP contribution in [0.3, 0.4) is 0 Å². The molecular formula is C13H20O3. The van der Waals surface area contributed by atoms with Gasteiger partial charge in [0.1, 0.15) is 5.75 Å². The van der Waals surface area contributed by atoms with Crippen molar-refractivity contribution in [3.05, 3.63) is 29.3 Å². The van der Waals surface area contributed by atoms with Crippen molar-refractivity contribution in [2.45, 2.75) is 32.5 Å². The van der Waals surface area contributed by atoms with Gasteiger partial charge in [-0.1, -0.05) is 11.6 Å². The predicted molar refractivity (Wildman–Crippen MR) is 63.8 cm³/mol. The van der Waals surface area contributed by atoms with Gasteiger partial charge >= 0.3 is 0 Å². The Bertz CT molecular complexity index is 336. The average molecular weight is 224 g/mol. The van der Waals surface area contributed by atoms with E-state index in [1.165, 1.54) is 0 Å². The first-order chi connectivity index (χ1) is 7.58. The standard InChI is InChI=1S/C13H20O3/c1-9-5-6-13(16-4)11(7-9)12(14)8-10(2)15-3/h5-7,10,12,14H,8H2,1-4H3. The van der Waals surface area contributed by atoms with Crippen LogP contribution in [0.25, 0.3) is 0 Å². The van der Waals surface area contributed by atoms with Crippen LogP contribution in [0.5, 0.6) is 5.75 Å². The quantitative estimate of drug-likeness (QED) is 0.835. The molecule has 16 heavy (non-hydrogen) atoms. The first kappa shape index (κ1) is 13.0. The Morgan fingerprint density at radius 3 is 2.56 bits per heavy atom. The van der Waals surface area contributed by atoms with Crippen LogP contribution in [0.1, 0.15) is 30.6 Å². The van der Waals surface area contributed by atoms with E-state index in [9.17, 15) is 5.11 Å². The minimum atomic E-state index is -0.551. The predicted octanol–water partition coefficient (Wildman–Crippen LogP) is 2.46. The van der Waals surface area contributed by atoms with E-state index in [4.69, 9.17) is 9.47 Å². The van der Waals surface area contributed by atoms with Gasteiger partial charge in [0.2, 0.25) is 0 Å². The van der Waals surface area contributed by atoms with Crippen LogP contribution >= 0.6 is 0 Å². The van der Waals surface area contributed by atoms with E-state index < -0.39 is 6.10 Å². The lowest BCUT2D eigenvalue weighted by Gasteiger charge is -2.18. The molecule has 0 saturated carbocycles. The molecule has 3 nitrogen and oxygen atoms in total. The molecule has 3 heteroatoms. The van der Waals surface area contributed by atoms with E-state index in [-0.39, 0.29) is 6.10 Å². The van der Waals surface area contributed by atoms with Crippen LogP contribution in [-0.4, -0.2) is 25.4 Å². The average Bonchev–Trinajstić information content (AvgIpc) is 2.28. The number of hydrogen-bond donors (Lipinski definition) is 1. The molecule has 90 valence electrons. The fourth-order valence-corrected chi connectivity index (χ4v) is 1.65. The summed E-state index contributed by atoms with van der Waals surface area (Å²) >= 11 is 0. The highest BCUT2D eigenvalue weighted by Crippen LogP contribution is 2.29. The summed E-state index contributed by atoms with van der Waals surface area (Å²) in [7, 11) is 3.26. The topological polar surface area (TPSA) is 38.7 Å². The lowest BCUT2D eigenvalue weighted by Crippen LogP contribution is -2.11. The molecule has 1 aromatic carbocycles. The lowest BCUT2D eigenvalue weighted by atomic mass is 10.0. The van der Waals surface area contributed by atoms with Gasteiger partial charge < -0.3 is 14.6 Å². The molecule has 0 aromatic heterocycles. The zero-order valence-corrected chi connectivity index (χ0v) is 10.4. The number of hydrogen-bond acceptors (Lipinski definition) is 3. The molecule has 0 saturated heterocycles. The molecule has 2 atom stereocenters. The van der Waals surface area contributed by atoms with Crippen LogP contribution in [-0.2, 0) is 4.74 Å². The Kier molecular flexibility index (Phi) is 4.77.